The fourth-order valence-electron chi connectivity index (χ4n) is 1.75. The molecule has 0 saturated heterocycles. The number of sulfonamides is 1. The summed E-state index contributed by atoms with van der Waals surface area (Å²) in [6.07, 6.45) is 3.31. The summed E-state index contributed by atoms with van der Waals surface area (Å²) in [4.78, 5) is 4.10. The van der Waals surface area contributed by atoms with Crippen molar-refractivity contribution in [3.63, 3.8) is 0 Å². The molecule has 0 radical (unpaired) electrons. The normalized spacial score (nSPS) is 11.3. The maximum absolute atomic E-state index is 12.3. The van der Waals surface area contributed by atoms with Gasteiger partial charge in [0.05, 0.1) is 5.69 Å². The number of nitrogen functional groups attached to an aromatic ring is 1. The molecule has 0 spiro atoms. The van der Waals surface area contributed by atoms with E-state index in [1.54, 1.807) is 30.6 Å². The minimum atomic E-state index is -3.64. The van der Waals surface area contributed by atoms with Crippen LogP contribution in [0.25, 0.3) is 0 Å². The number of rotatable bonds is 5. The molecule has 0 atom stereocenters. The number of hydrogen-bond acceptors (Lipinski definition) is 5. The van der Waals surface area contributed by atoms with Gasteiger partial charge in [-0.2, -0.15) is 0 Å². The first-order chi connectivity index (χ1) is 9.54. The van der Waals surface area contributed by atoms with E-state index in [4.69, 9.17) is 5.84 Å². The van der Waals surface area contributed by atoms with Gasteiger partial charge < -0.3 is 5.43 Å². The number of benzene rings is 1. The average Bonchev–Trinajstić information content (AvgIpc) is 2.46. The second kappa shape index (κ2) is 6.00. The number of nitrogens with zero attached hydrogens (tertiary/aromatic N) is 1. The van der Waals surface area contributed by atoms with E-state index in [1.165, 1.54) is 6.07 Å². The van der Waals surface area contributed by atoms with Crippen molar-refractivity contribution in [1.82, 2.24) is 9.71 Å². The van der Waals surface area contributed by atoms with E-state index in [9.17, 15) is 8.42 Å². The largest absolute Gasteiger partial charge is 0.323 e. The molecule has 6 nitrogen and oxygen atoms in total. The molecule has 106 valence electrons. The molecule has 0 fully saturated rings. The third kappa shape index (κ3) is 3.13. The molecule has 0 amide bonds. The van der Waals surface area contributed by atoms with Gasteiger partial charge in [0.15, 0.2) is 0 Å². The van der Waals surface area contributed by atoms with Crippen LogP contribution in [0.4, 0.5) is 5.69 Å². The third-order valence-corrected chi connectivity index (χ3v) is 4.39. The molecule has 7 heteroatoms. The summed E-state index contributed by atoms with van der Waals surface area (Å²) >= 11 is 0. The second-order valence-corrected chi connectivity index (χ2v) is 6.00. The molecule has 4 N–H and O–H groups in total. The Kier molecular flexibility index (Phi) is 4.33. The summed E-state index contributed by atoms with van der Waals surface area (Å²) in [7, 11) is -3.64. The predicted octanol–water partition coefficient (Wildman–Crippen LogP) is 1.15. The first-order valence-corrected chi connectivity index (χ1v) is 7.47. The van der Waals surface area contributed by atoms with Gasteiger partial charge in [0.2, 0.25) is 10.0 Å². The number of pyridine rings is 1. The lowest BCUT2D eigenvalue weighted by Gasteiger charge is -2.11. The molecule has 2 rings (SSSR count). The highest BCUT2D eigenvalue weighted by Gasteiger charge is 2.17. The molecule has 0 aliphatic heterocycles. The zero-order chi connectivity index (χ0) is 14.6. The highest BCUT2D eigenvalue weighted by atomic mass is 32.2. The molecule has 20 heavy (non-hydrogen) atoms. The Bertz CT molecular complexity index is 701. The summed E-state index contributed by atoms with van der Waals surface area (Å²) in [5.74, 6) is 5.33. The molecule has 0 unspecified atom stereocenters. The lowest BCUT2D eigenvalue weighted by molar-refractivity contribution is 0.581. The van der Waals surface area contributed by atoms with Gasteiger partial charge >= 0.3 is 0 Å². The molecule has 1 aromatic carbocycles. The van der Waals surface area contributed by atoms with Gasteiger partial charge in [0.1, 0.15) is 4.90 Å². The van der Waals surface area contributed by atoms with Crippen LogP contribution in [0.1, 0.15) is 11.1 Å². The van der Waals surface area contributed by atoms with Crippen LogP contribution >= 0.6 is 0 Å². The topological polar surface area (TPSA) is 97.1 Å². The Labute approximate surface area is 118 Å². The van der Waals surface area contributed by atoms with Crippen molar-refractivity contribution in [2.45, 2.75) is 18.4 Å². The number of nitrogens with two attached hydrogens (primary N) is 1. The lowest BCUT2D eigenvalue weighted by Crippen LogP contribution is -2.25. The maximum Gasteiger partial charge on any atom is 0.242 e. The fraction of sp³-hybridized carbons (Fsp3) is 0.154. The number of aromatic nitrogens is 1. The summed E-state index contributed by atoms with van der Waals surface area (Å²) in [6.45, 7) is 2.08. The Morgan fingerprint density at radius 3 is 2.70 bits per heavy atom. The Morgan fingerprint density at radius 1 is 1.25 bits per heavy atom. The van der Waals surface area contributed by atoms with Crippen LogP contribution in [0.5, 0.6) is 0 Å². The first-order valence-electron chi connectivity index (χ1n) is 5.99. The molecule has 1 aromatic heterocycles. The smallest absolute Gasteiger partial charge is 0.242 e. The fourth-order valence-corrected chi connectivity index (χ4v) is 2.93. The van der Waals surface area contributed by atoms with E-state index in [-0.39, 0.29) is 11.4 Å². The molecule has 0 aliphatic rings. The summed E-state index contributed by atoms with van der Waals surface area (Å²) in [5, 5.41) is 0. The van der Waals surface area contributed by atoms with Crippen molar-refractivity contribution >= 4 is 15.7 Å². The van der Waals surface area contributed by atoms with Crippen molar-refractivity contribution in [2.24, 2.45) is 5.84 Å². The van der Waals surface area contributed by atoms with Crippen LogP contribution in [0.15, 0.2) is 47.6 Å². The number of hydrazine groups is 1. The van der Waals surface area contributed by atoms with Crippen LogP contribution in [-0.4, -0.2) is 13.4 Å². The number of hydrogen-bond donors (Lipinski definition) is 3. The van der Waals surface area contributed by atoms with Crippen LogP contribution in [0.3, 0.4) is 0 Å². The van der Waals surface area contributed by atoms with E-state index >= 15 is 0 Å². The number of para-hydroxylation sites is 1. The minimum absolute atomic E-state index is 0.115. The molecule has 2 aromatic rings. The van der Waals surface area contributed by atoms with Crippen molar-refractivity contribution in [1.29, 1.82) is 0 Å². The molecular weight excluding hydrogens is 276 g/mol. The monoisotopic (exact) mass is 292 g/mol. The maximum atomic E-state index is 12.3. The highest BCUT2D eigenvalue weighted by molar-refractivity contribution is 7.89. The quantitative estimate of drug-likeness (QED) is 0.567. The van der Waals surface area contributed by atoms with E-state index < -0.39 is 10.0 Å². The zero-order valence-corrected chi connectivity index (χ0v) is 11.8. The van der Waals surface area contributed by atoms with E-state index in [0.717, 1.165) is 11.1 Å². The molecule has 0 saturated carbocycles. The van der Waals surface area contributed by atoms with Gasteiger partial charge in [-0.3, -0.25) is 10.8 Å². The lowest BCUT2D eigenvalue weighted by atomic mass is 10.2. The van der Waals surface area contributed by atoms with E-state index in [0.29, 0.717) is 5.69 Å². The summed E-state index contributed by atoms with van der Waals surface area (Å²) < 4.78 is 27.1. The molecule has 0 aliphatic carbocycles. The van der Waals surface area contributed by atoms with Gasteiger partial charge in [-0.25, -0.2) is 13.1 Å². The summed E-state index contributed by atoms with van der Waals surface area (Å²) in [6, 6.07) is 8.28. The molecule has 1 heterocycles. The molecule has 0 bridgehead atoms. The van der Waals surface area contributed by atoms with E-state index in [2.05, 4.69) is 15.1 Å². The molecular formula is C13H16N4O2S. The van der Waals surface area contributed by atoms with E-state index in [1.807, 2.05) is 13.0 Å². The van der Waals surface area contributed by atoms with Gasteiger partial charge in [-0.15, -0.1) is 0 Å². The second-order valence-electron chi connectivity index (χ2n) is 4.27. The van der Waals surface area contributed by atoms with Crippen molar-refractivity contribution in [2.75, 3.05) is 5.43 Å². The minimum Gasteiger partial charge on any atom is -0.323 e. The number of aryl methyl sites for hydroxylation is 1. The predicted molar refractivity (Wildman–Crippen MR) is 77.3 cm³/mol. The SMILES string of the molecule is Cc1ccncc1CNS(=O)(=O)c1ccccc1NN. The van der Waals surface area contributed by atoms with Gasteiger partial charge in [-0.05, 0) is 36.2 Å². The Balaban J connectivity index is 2.22. The van der Waals surface area contributed by atoms with Crippen molar-refractivity contribution < 1.29 is 8.42 Å². The van der Waals surface area contributed by atoms with Crippen LogP contribution in [-0.2, 0) is 16.6 Å². The Morgan fingerprint density at radius 2 is 2.00 bits per heavy atom. The number of nitrogens with one attached hydrogen (secondary N) is 2. The van der Waals surface area contributed by atoms with Crippen molar-refractivity contribution in [3.8, 4) is 0 Å². The van der Waals surface area contributed by atoms with Gasteiger partial charge in [0.25, 0.3) is 0 Å². The Hall–Kier alpha value is -1.96. The zero-order valence-electron chi connectivity index (χ0n) is 11.0. The highest BCUT2D eigenvalue weighted by Crippen LogP contribution is 2.19. The first kappa shape index (κ1) is 14.4. The van der Waals surface area contributed by atoms with Crippen LogP contribution < -0.4 is 16.0 Å². The van der Waals surface area contributed by atoms with Gasteiger partial charge in [-0.1, -0.05) is 12.1 Å². The summed E-state index contributed by atoms with van der Waals surface area (Å²) in [5.41, 5.74) is 4.54. The van der Waals surface area contributed by atoms with Gasteiger partial charge in [0, 0.05) is 18.9 Å². The average molecular weight is 292 g/mol. The number of anilines is 1. The van der Waals surface area contributed by atoms with Crippen LogP contribution in [0, 0.1) is 6.92 Å². The van der Waals surface area contributed by atoms with Crippen LogP contribution in [0.2, 0.25) is 0 Å². The third-order valence-electron chi connectivity index (χ3n) is 2.93. The van der Waals surface area contributed by atoms with Crippen molar-refractivity contribution in [3.05, 3.63) is 53.9 Å². The standard InChI is InChI=1S/C13H16N4O2S/c1-10-6-7-15-8-11(10)9-16-20(18,19)13-5-3-2-4-12(13)17-14/h2-8,16-17H,9,14H2,1H3.